The maximum atomic E-state index is 11.2. The number of aliphatic hydroxyl groups is 2. The third-order valence-electron chi connectivity index (χ3n) is 2.10. The minimum absolute atomic E-state index is 0.0721. The predicted octanol–water partition coefficient (Wildman–Crippen LogP) is 0.0448. The Balaban J connectivity index is 4.29. The van der Waals surface area contributed by atoms with Crippen LogP contribution in [0.1, 0.15) is 13.8 Å². The number of carbonyl (C=O) groups excluding carboxylic acids is 1. The first kappa shape index (κ1) is 16.1. The molecule has 100 valence electrons. The van der Waals surface area contributed by atoms with Crippen molar-refractivity contribution in [1.82, 2.24) is 0 Å². The van der Waals surface area contributed by atoms with E-state index < -0.39 is 11.4 Å². The van der Waals surface area contributed by atoms with Gasteiger partial charge < -0.3 is 14.9 Å². The van der Waals surface area contributed by atoms with Crippen molar-refractivity contribution in [1.29, 1.82) is 0 Å². The zero-order chi connectivity index (χ0) is 13.3. The first-order valence-corrected chi connectivity index (χ1v) is 5.30. The van der Waals surface area contributed by atoms with Gasteiger partial charge in [0.1, 0.15) is 6.61 Å². The lowest BCUT2D eigenvalue weighted by Crippen LogP contribution is -2.40. The third kappa shape index (κ3) is 5.78. The minimum Gasteiger partial charge on any atom is -0.461 e. The van der Waals surface area contributed by atoms with E-state index in [1.54, 1.807) is 6.92 Å². The summed E-state index contributed by atoms with van der Waals surface area (Å²) < 4.78 is 4.89. The number of esters is 1. The SMILES string of the molecule is C=C(C)C(=O)OCC(CO)(CO)COOCC. The number of hydrogen-bond acceptors (Lipinski definition) is 6. The van der Waals surface area contributed by atoms with Gasteiger partial charge in [-0.3, -0.25) is 0 Å². The van der Waals surface area contributed by atoms with Crippen molar-refractivity contribution in [3.8, 4) is 0 Å². The van der Waals surface area contributed by atoms with Crippen molar-refractivity contribution in [3.05, 3.63) is 12.2 Å². The van der Waals surface area contributed by atoms with Crippen LogP contribution < -0.4 is 0 Å². The Morgan fingerprint density at radius 1 is 1.24 bits per heavy atom. The van der Waals surface area contributed by atoms with Crippen LogP contribution >= 0.6 is 0 Å². The monoisotopic (exact) mass is 248 g/mol. The summed E-state index contributed by atoms with van der Waals surface area (Å²) in [7, 11) is 0. The summed E-state index contributed by atoms with van der Waals surface area (Å²) in [5.41, 5.74) is -0.819. The highest BCUT2D eigenvalue weighted by Gasteiger charge is 2.32. The molecule has 0 spiro atoms. The summed E-state index contributed by atoms with van der Waals surface area (Å²) in [5.74, 6) is -0.576. The Bertz CT molecular complexity index is 246. The van der Waals surface area contributed by atoms with Crippen LogP contribution in [0, 0.1) is 5.41 Å². The highest BCUT2D eigenvalue weighted by atomic mass is 17.2. The Morgan fingerprint density at radius 2 is 1.82 bits per heavy atom. The molecule has 2 N–H and O–H groups in total. The van der Waals surface area contributed by atoms with Gasteiger partial charge in [-0.15, -0.1) is 0 Å². The van der Waals surface area contributed by atoms with Gasteiger partial charge in [0, 0.05) is 5.57 Å². The Hall–Kier alpha value is -0.950. The minimum atomic E-state index is -1.07. The topological polar surface area (TPSA) is 85.2 Å². The number of rotatable bonds is 9. The van der Waals surface area contributed by atoms with E-state index in [-0.39, 0.29) is 32.0 Å². The largest absolute Gasteiger partial charge is 0.461 e. The van der Waals surface area contributed by atoms with E-state index in [1.807, 2.05) is 0 Å². The van der Waals surface area contributed by atoms with Crippen LogP contribution in [0.15, 0.2) is 12.2 Å². The van der Waals surface area contributed by atoms with Crippen molar-refractivity contribution in [2.24, 2.45) is 5.41 Å². The maximum Gasteiger partial charge on any atom is 0.333 e. The Morgan fingerprint density at radius 3 is 2.24 bits per heavy atom. The molecule has 0 aromatic carbocycles. The third-order valence-corrected chi connectivity index (χ3v) is 2.10. The molecule has 0 aromatic rings. The lowest BCUT2D eigenvalue weighted by atomic mass is 9.92. The van der Waals surface area contributed by atoms with Gasteiger partial charge in [-0.1, -0.05) is 6.58 Å². The molecule has 0 saturated carbocycles. The van der Waals surface area contributed by atoms with Gasteiger partial charge in [0.05, 0.1) is 31.8 Å². The first-order chi connectivity index (χ1) is 8.01. The Kier molecular flexibility index (Phi) is 7.73. The molecule has 6 nitrogen and oxygen atoms in total. The number of carbonyl (C=O) groups is 1. The van der Waals surface area contributed by atoms with Gasteiger partial charge in [-0.25, -0.2) is 14.6 Å². The molecule has 0 atom stereocenters. The van der Waals surface area contributed by atoms with Gasteiger partial charge in [-0.05, 0) is 13.8 Å². The van der Waals surface area contributed by atoms with Crippen LogP contribution in [0.4, 0.5) is 0 Å². The van der Waals surface area contributed by atoms with Crippen LogP contribution in [-0.2, 0) is 19.3 Å². The van der Waals surface area contributed by atoms with E-state index in [2.05, 4.69) is 11.5 Å². The molecule has 0 aliphatic heterocycles. The van der Waals surface area contributed by atoms with E-state index in [0.717, 1.165) is 0 Å². The second-order valence-corrected chi connectivity index (χ2v) is 3.84. The molecule has 0 rings (SSSR count). The first-order valence-electron chi connectivity index (χ1n) is 5.30. The second-order valence-electron chi connectivity index (χ2n) is 3.84. The van der Waals surface area contributed by atoms with Gasteiger partial charge in [0.25, 0.3) is 0 Å². The van der Waals surface area contributed by atoms with Crippen molar-refractivity contribution >= 4 is 5.97 Å². The average molecular weight is 248 g/mol. The fraction of sp³-hybridized carbons (Fsp3) is 0.727. The molecule has 0 radical (unpaired) electrons. The summed E-state index contributed by atoms with van der Waals surface area (Å²) in [6.07, 6.45) is 0. The molecule has 0 amide bonds. The fourth-order valence-corrected chi connectivity index (χ4v) is 0.866. The maximum absolute atomic E-state index is 11.2. The summed E-state index contributed by atoms with van der Waals surface area (Å²) in [6.45, 7) is 6.00. The predicted molar refractivity (Wildman–Crippen MR) is 60.0 cm³/mol. The van der Waals surface area contributed by atoms with E-state index in [4.69, 9.17) is 9.62 Å². The summed E-state index contributed by atoms with van der Waals surface area (Å²) >= 11 is 0. The second kappa shape index (κ2) is 8.19. The van der Waals surface area contributed by atoms with Gasteiger partial charge in [0.2, 0.25) is 0 Å². The van der Waals surface area contributed by atoms with Crippen molar-refractivity contribution in [2.75, 3.05) is 33.0 Å². The van der Waals surface area contributed by atoms with E-state index in [0.29, 0.717) is 6.61 Å². The molecule has 17 heavy (non-hydrogen) atoms. The average Bonchev–Trinajstić information content (AvgIpc) is 2.33. The summed E-state index contributed by atoms with van der Waals surface area (Å²) in [5, 5.41) is 18.4. The molecule has 6 heteroatoms. The molecule has 0 saturated heterocycles. The summed E-state index contributed by atoms with van der Waals surface area (Å²) in [6, 6.07) is 0. The molecule has 0 aromatic heterocycles. The number of aliphatic hydroxyl groups excluding tert-OH is 2. The fourth-order valence-electron chi connectivity index (χ4n) is 0.866. The highest BCUT2D eigenvalue weighted by Crippen LogP contribution is 2.17. The quantitative estimate of drug-likeness (QED) is 0.197. The van der Waals surface area contributed by atoms with Crippen molar-refractivity contribution in [2.45, 2.75) is 13.8 Å². The standard InChI is InChI=1S/C11H20O6/c1-4-16-17-8-11(5-12,6-13)7-15-10(14)9(2)3/h12-13H,2,4-8H2,1,3H3. The molecule has 0 bridgehead atoms. The lowest BCUT2D eigenvalue weighted by molar-refractivity contribution is -0.313. The zero-order valence-electron chi connectivity index (χ0n) is 10.3. The molecular weight excluding hydrogens is 228 g/mol. The van der Waals surface area contributed by atoms with Crippen molar-refractivity contribution in [3.63, 3.8) is 0 Å². The molecular formula is C11H20O6. The summed E-state index contributed by atoms with van der Waals surface area (Å²) in [4.78, 5) is 20.7. The van der Waals surface area contributed by atoms with Crippen LogP contribution in [0.2, 0.25) is 0 Å². The Labute approximate surface area is 101 Å². The normalized spacial score (nSPS) is 11.3. The number of ether oxygens (including phenoxy) is 1. The molecule has 0 unspecified atom stereocenters. The zero-order valence-corrected chi connectivity index (χ0v) is 10.3. The molecule has 0 fully saturated rings. The van der Waals surface area contributed by atoms with E-state index in [9.17, 15) is 15.0 Å². The van der Waals surface area contributed by atoms with Crippen LogP contribution in [0.25, 0.3) is 0 Å². The van der Waals surface area contributed by atoms with Crippen LogP contribution in [0.3, 0.4) is 0 Å². The highest BCUT2D eigenvalue weighted by molar-refractivity contribution is 5.86. The van der Waals surface area contributed by atoms with Crippen LogP contribution in [0.5, 0.6) is 0 Å². The van der Waals surface area contributed by atoms with E-state index >= 15 is 0 Å². The lowest BCUT2D eigenvalue weighted by Gasteiger charge is -2.27. The van der Waals surface area contributed by atoms with E-state index in [1.165, 1.54) is 6.92 Å². The molecule has 0 heterocycles. The number of hydrogen-bond donors (Lipinski definition) is 2. The van der Waals surface area contributed by atoms with Gasteiger partial charge in [-0.2, -0.15) is 0 Å². The van der Waals surface area contributed by atoms with Crippen molar-refractivity contribution < 1.29 is 29.5 Å². The smallest absolute Gasteiger partial charge is 0.333 e. The van der Waals surface area contributed by atoms with Gasteiger partial charge >= 0.3 is 5.97 Å². The molecule has 0 aliphatic rings. The van der Waals surface area contributed by atoms with Crippen LogP contribution in [-0.4, -0.2) is 49.2 Å². The van der Waals surface area contributed by atoms with Gasteiger partial charge in [0.15, 0.2) is 0 Å². The molecule has 0 aliphatic carbocycles.